The van der Waals surface area contributed by atoms with Crippen LogP contribution < -0.4 is 9.47 Å². The quantitative estimate of drug-likeness (QED) is 0.348. The Morgan fingerprint density at radius 3 is 2.14 bits per heavy atom. The van der Waals surface area contributed by atoms with Crippen molar-refractivity contribution in [3.05, 3.63) is 79.5 Å². The van der Waals surface area contributed by atoms with E-state index in [4.69, 9.17) is 14.5 Å². The fraction of sp³-hybridized carbons (Fsp3) is 0.125. The van der Waals surface area contributed by atoms with Crippen LogP contribution in [0.15, 0.2) is 79.5 Å². The van der Waals surface area contributed by atoms with Gasteiger partial charge in [0.1, 0.15) is 16.5 Å². The lowest BCUT2D eigenvalue weighted by Gasteiger charge is -2.05. The Bertz CT molecular complexity index is 1040. The van der Waals surface area contributed by atoms with Crippen LogP contribution in [0, 0.1) is 0 Å². The first-order valence-electron chi connectivity index (χ1n) is 9.29. The topological polar surface area (TPSA) is 36.3 Å². The first-order valence-corrected chi connectivity index (χ1v) is 10.1. The van der Waals surface area contributed by atoms with Crippen LogP contribution in [0.25, 0.3) is 32.4 Å². The number of ether oxygens (including phenoxy) is 2. The van der Waals surface area contributed by atoms with Gasteiger partial charge in [-0.3, -0.25) is 0 Å². The highest BCUT2D eigenvalue weighted by Crippen LogP contribution is 2.41. The molecule has 0 atom stereocenters. The number of nitrogens with zero attached hydrogens (tertiary/aromatic N) is 2. The average molecular weight is 403 g/mol. The van der Waals surface area contributed by atoms with Crippen LogP contribution in [0.4, 0.5) is 0 Å². The van der Waals surface area contributed by atoms with E-state index in [1.54, 1.807) is 25.6 Å². The Hall–Kier alpha value is -3.31. The van der Waals surface area contributed by atoms with Crippen LogP contribution in [0.1, 0.15) is 0 Å². The van der Waals surface area contributed by atoms with E-state index in [9.17, 15) is 0 Å². The number of aromatic nitrogens is 2. The number of benzene rings is 2. The molecule has 4 nitrogen and oxygen atoms in total. The van der Waals surface area contributed by atoms with Crippen molar-refractivity contribution >= 4 is 11.3 Å². The van der Waals surface area contributed by atoms with Crippen molar-refractivity contribution in [3.8, 4) is 43.9 Å². The smallest absolute Gasteiger partial charge is 0.141 e. The number of hydrogen-bond donors (Lipinski definition) is 0. The maximum atomic E-state index is 5.31. The minimum Gasteiger partial charge on any atom is -0.497 e. The molecule has 0 radical (unpaired) electrons. The molecule has 0 N–H and O–H groups in total. The third kappa shape index (κ3) is 3.82. The highest BCUT2D eigenvalue weighted by atomic mass is 32.1. The Balaban J connectivity index is 1.85. The summed E-state index contributed by atoms with van der Waals surface area (Å²) in [5, 5.41) is 0.980. The molecule has 0 unspecified atom stereocenters. The zero-order chi connectivity index (χ0) is 20.2. The number of allylic oxidation sites excluding steroid dienone is 1. The molecule has 4 rings (SSSR count). The number of rotatable bonds is 7. The summed E-state index contributed by atoms with van der Waals surface area (Å²) in [5.41, 5.74) is 4.22. The lowest BCUT2D eigenvalue weighted by molar-refractivity contribution is 0.414. The molecule has 0 amide bonds. The Kier molecular flexibility index (Phi) is 5.49. The number of methoxy groups -OCH3 is 2. The van der Waals surface area contributed by atoms with E-state index in [-0.39, 0.29) is 0 Å². The first-order chi connectivity index (χ1) is 14.2. The van der Waals surface area contributed by atoms with E-state index in [0.29, 0.717) is 0 Å². The average Bonchev–Trinajstić information content (AvgIpc) is 3.41. The third-order valence-corrected chi connectivity index (χ3v) is 5.84. The van der Waals surface area contributed by atoms with Gasteiger partial charge in [-0.25, -0.2) is 4.98 Å². The van der Waals surface area contributed by atoms with Gasteiger partial charge in [-0.05, 0) is 66.2 Å². The van der Waals surface area contributed by atoms with Crippen LogP contribution in [0.2, 0.25) is 0 Å². The molecule has 0 aliphatic carbocycles. The molecule has 0 bridgehead atoms. The zero-order valence-corrected chi connectivity index (χ0v) is 17.3. The van der Waals surface area contributed by atoms with Crippen molar-refractivity contribution < 1.29 is 9.47 Å². The van der Waals surface area contributed by atoms with Crippen molar-refractivity contribution in [1.29, 1.82) is 0 Å². The maximum Gasteiger partial charge on any atom is 0.141 e. The second-order valence-electron chi connectivity index (χ2n) is 6.49. The predicted molar refractivity (Wildman–Crippen MR) is 120 cm³/mol. The summed E-state index contributed by atoms with van der Waals surface area (Å²) in [6.07, 6.45) is 3.95. The molecular weight excluding hydrogens is 380 g/mol. The molecule has 4 aromatic rings. The molecular formula is C24H22N2O2S. The monoisotopic (exact) mass is 402 g/mol. The normalized spacial score (nSPS) is 10.7. The highest BCUT2D eigenvalue weighted by Gasteiger charge is 2.18. The van der Waals surface area contributed by atoms with Gasteiger partial charge in [0, 0.05) is 18.3 Å². The summed E-state index contributed by atoms with van der Waals surface area (Å²) in [6, 6.07) is 20.3. The summed E-state index contributed by atoms with van der Waals surface area (Å²) in [5.74, 6) is 1.67. The Labute approximate surface area is 174 Å². The lowest BCUT2D eigenvalue weighted by Crippen LogP contribution is -1.95. The molecule has 146 valence electrons. The van der Waals surface area contributed by atoms with Crippen molar-refractivity contribution in [3.63, 3.8) is 0 Å². The fourth-order valence-corrected chi connectivity index (χ4v) is 4.35. The van der Waals surface area contributed by atoms with Gasteiger partial charge in [-0.2, -0.15) is 0 Å². The number of thiazole rings is 1. The molecule has 0 saturated carbocycles. The Morgan fingerprint density at radius 2 is 1.55 bits per heavy atom. The lowest BCUT2D eigenvalue weighted by atomic mass is 10.1. The molecule has 0 fully saturated rings. The maximum absolute atomic E-state index is 5.31. The third-order valence-electron chi connectivity index (χ3n) is 4.72. The second kappa shape index (κ2) is 8.37. The van der Waals surface area contributed by atoms with Crippen LogP contribution in [-0.4, -0.2) is 23.8 Å². The fourth-order valence-electron chi connectivity index (χ4n) is 3.22. The van der Waals surface area contributed by atoms with Crippen molar-refractivity contribution in [2.24, 2.45) is 0 Å². The van der Waals surface area contributed by atoms with E-state index < -0.39 is 0 Å². The summed E-state index contributed by atoms with van der Waals surface area (Å²) in [6.45, 7) is 4.61. The predicted octanol–water partition coefficient (Wildman–Crippen LogP) is 6.15. The summed E-state index contributed by atoms with van der Waals surface area (Å²) in [4.78, 5) is 6.16. The molecule has 2 aromatic carbocycles. The van der Waals surface area contributed by atoms with Crippen molar-refractivity contribution in [2.45, 2.75) is 6.54 Å². The molecule has 2 heterocycles. The van der Waals surface area contributed by atoms with Gasteiger partial charge in [0.2, 0.25) is 0 Å². The highest BCUT2D eigenvalue weighted by molar-refractivity contribution is 7.18. The van der Waals surface area contributed by atoms with Gasteiger partial charge < -0.3 is 14.0 Å². The largest absolute Gasteiger partial charge is 0.497 e. The van der Waals surface area contributed by atoms with Gasteiger partial charge >= 0.3 is 0 Å². The zero-order valence-electron chi connectivity index (χ0n) is 16.5. The molecule has 5 heteroatoms. The van der Waals surface area contributed by atoms with Gasteiger partial charge in [-0.15, -0.1) is 17.9 Å². The summed E-state index contributed by atoms with van der Waals surface area (Å²) < 4.78 is 12.8. The van der Waals surface area contributed by atoms with E-state index in [2.05, 4.69) is 35.5 Å². The Morgan fingerprint density at radius 1 is 0.931 bits per heavy atom. The van der Waals surface area contributed by atoms with Gasteiger partial charge in [0.15, 0.2) is 0 Å². The second-order valence-corrected chi connectivity index (χ2v) is 7.49. The van der Waals surface area contributed by atoms with Crippen molar-refractivity contribution in [2.75, 3.05) is 14.2 Å². The molecule has 0 aliphatic rings. The molecule has 2 aromatic heterocycles. The van der Waals surface area contributed by atoms with E-state index in [1.807, 2.05) is 48.5 Å². The van der Waals surface area contributed by atoms with Crippen LogP contribution >= 0.6 is 11.3 Å². The molecule has 0 saturated heterocycles. The van der Waals surface area contributed by atoms with Gasteiger partial charge in [0.05, 0.1) is 30.5 Å². The van der Waals surface area contributed by atoms with Crippen LogP contribution in [0.3, 0.4) is 0 Å². The van der Waals surface area contributed by atoms with Crippen molar-refractivity contribution in [1.82, 2.24) is 9.55 Å². The minimum atomic E-state index is 0.748. The molecule has 29 heavy (non-hydrogen) atoms. The molecule has 0 aliphatic heterocycles. The van der Waals surface area contributed by atoms with E-state index in [1.165, 1.54) is 0 Å². The van der Waals surface area contributed by atoms with Gasteiger partial charge in [0.25, 0.3) is 0 Å². The van der Waals surface area contributed by atoms with Crippen LogP contribution in [-0.2, 0) is 6.54 Å². The van der Waals surface area contributed by atoms with Gasteiger partial charge in [-0.1, -0.05) is 6.08 Å². The van der Waals surface area contributed by atoms with Crippen LogP contribution in [0.5, 0.6) is 11.5 Å². The number of hydrogen-bond acceptors (Lipinski definition) is 4. The standard InChI is InChI=1S/C24H22N2O2S/c1-4-15-26-16-5-6-21(26)24-25-22(17-7-11-19(27-2)12-8-17)23(29-24)18-9-13-20(28-3)14-10-18/h4-14,16H,1,15H2,2-3H3. The minimum absolute atomic E-state index is 0.748. The summed E-state index contributed by atoms with van der Waals surface area (Å²) in [7, 11) is 3.35. The summed E-state index contributed by atoms with van der Waals surface area (Å²) >= 11 is 1.69. The molecule has 0 spiro atoms. The van der Waals surface area contributed by atoms with E-state index in [0.717, 1.165) is 50.4 Å². The van der Waals surface area contributed by atoms with E-state index >= 15 is 0 Å². The SMILES string of the molecule is C=CCn1cccc1-c1nc(-c2ccc(OC)cc2)c(-c2ccc(OC)cc2)s1. The first kappa shape index (κ1) is 19.0.